The molecule has 0 radical (unpaired) electrons. The Morgan fingerprint density at radius 3 is 3.00 bits per heavy atom. The lowest BCUT2D eigenvalue weighted by Crippen LogP contribution is -1.98. The first-order valence-corrected chi connectivity index (χ1v) is 4.23. The van der Waals surface area contributed by atoms with Gasteiger partial charge >= 0.3 is 0 Å². The second kappa shape index (κ2) is 2.58. The number of nitrogens with zero attached hydrogens (tertiary/aromatic N) is 6. The van der Waals surface area contributed by atoms with Gasteiger partial charge in [-0.05, 0) is 27.8 Å². The monoisotopic (exact) mass is 206 g/mol. The van der Waals surface area contributed by atoms with Gasteiger partial charge in [0, 0.05) is 0 Å². The highest BCUT2D eigenvalue weighted by molar-refractivity contribution is 6.35. The molecule has 7 heteroatoms. The van der Waals surface area contributed by atoms with E-state index in [0.29, 0.717) is 16.2 Å². The first-order chi connectivity index (χ1) is 6.86. The summed E-state index contributed by atoms with van der Waals surface area (Å²) in [5.74, 6) is 0. The van der Waals surface area contributed by atoms with E-state index in [9.17, 15) is 0 Å². The Bertz CT molecular complexity index is 618. The summed E-state index contributed by atoms with van der Waals surface area (Å²) in [6, 6.07) is 5.42. The predicted octanol–water partition coefficient (Wildman–Crippen LogP) is 0.721. The smallest absolute Gasteiger partial charge is 0.128 e. The highest BCUT2D eigenvalue weighted by Crippen LogP contribution is 2.21. The molecule has 0 atom stereocenters. The van der Waals surface area contributed by atoms with Crippen molar-refractivity contribution in [1.82, 2.24) is 30.5 Å². The molecule has 0 N–H and O–H groups in total. The maximum absolute atomic E-state index is 5.94. The standard InChI is InChI=1S/C7H3ClN6/c8-5-3-1-2-4-6(5)9-12-14-7(4)10-11-13-14/h1-3H. The second-order valence-corrected chi connectivity index (χ2v) is 3.12. The second-order valence-electron chi connectivity index (χ2n) is 2.72. The third kappa shape index (κ3) is 0.882. The Labute approximate surface area is 82.5 Å². The van der Waals surface area contributed by atoms with E-state index in [1.807, 2.05) is 12.1 Å². The molecule has 0 saturated carbocycles. The van der Waals surface area contributed by atoms with Crippen molar-refractivity contribution in [3.8, 4) is 0 Å². The fraction of sp³-hybridized carbons (Fsp3) is 0. The number of benzene rings is 1. The van der Waals surface area contributed by atoms with Gasteiger partial charge in [-0.1, -0.05) is 22.3 Å². The Morgan fingerprint density at radius 1 is 1.14 bits per heavy atom. The van der Waals surface area contributed by atoms with Gasteiger partial charge in [0.1, 0.15) is 5.52 Å². The van der Waals surface area contributed by atoms with E-state index < -0.39 is 0 Å². The van der Waals surface area contributed by atoms with Gasteiger partial charge in [-0.3, -0.25) is 0 Å². The SMILES string of the molecule is Clc1cccc2c1nnn1nnnc21. The molecule has 0 aliphatic carbocycles. The molecular formula is C7H3ClN6. The highest BCUT2D eigenvalue weighted by Gasteiger charge is 2.07. The minimum Gasteiger partial charge on any atom is -0.128 e. The van der Waals surface area contributed by atoms with Gasteiger partial charge in [0.15, 0.2) is 0 Å². The van der Waals surface area contributed by atoms with E-state index in [2.05, 4.69) is 25.8 Å². The zero-order valence-corrected chi connectivity index (χ0v) is 7.55. The van der Waals surface area contributed by atoms with E-state index in [1.165, 1.54) is 4.63 Å². The molecule has 68 valence electrons. The van der Waals surface area contributed by atoms with Gasteiger partial charge in [0.05, 0.1) is 10.4 Å². The summed E-state index contributed by atoms with van der Waals surface area (Å²) in [7, 11) is 0. The minimum absolute atomic E-state index is 0.542. The van der Waals surface area contributed by atoms with Gasteiger partial charge in [0.25, 0.3) is 0 Å². The number of aromatic nitrogens is 6. The van der Waals surface area contributed by atoms with E-state index in [4.69, 9.17) is 11.6 Å². The van der Waals surface area contributed by atoms with Gasteiger partial charge < -0.3 is 0 Å². The van der Waals surface area contributed by atoms with Crippen molar-refractivity contribution in [2.45, 2.75) is 0 Å². The summed E-state index contributed by atoms with van der Waals surface area (Å²) < 4.78 is 1.26. The fourth-order valence-electron chi connectivity index (χ4n) is 1.29. The lowest BCUT2D eigenvalue weighted by atomic mass is 10.2. The third-order valence-corrected chi connectivity index (χ3v) is 2.22. The number of hydrogen-bond donors (Lipinski definition) is 0. The van der Waals surface area contributed by atoms with Crippen molar-refractivity contribution >= 4 is 28.2 Å². The Balaban J connectivity index is 2.64. The molecule has 0 fully saturated rings. The van der Waals surface area contributed by atoms with Crippen molar-refractivity contribution in [1.29, 1.82) is 0 Å². The van der Waals surface area contributed by atoms with Crippen molar-refractivity contribution < 1.29 is 0 Å². The average Bonchev–Trinajstić information content (AvgIpc) is 2.66. The molecule has 0 saturated heterocycles. The van der Waals surface area contributed by atoms with Crippen LogP contribution < -0.4 is 0 Å². The molecule has 6 nitrogen and oxygen atoms in total. The molecule has 3 rings (SSSR count). The number of fused-ring (bicyclic) bond motifs is 3. The van der Waals surface area contributed by atoms with Crippen LogP contribution in [0.15, 0.2) is 18.2 Å². The molecule has 2 aromatic heterocycles. The van der Waals surface area contributed by atoms with Crippen LogP contribution in [0.4, 0.5) is 0 Å². The number of tetrazole rings is 1. The van der Waals surface area contributed by atoms with Crippen molar-refractivity contribution in [3.05, 3.63) is 23.2 Å². The molecule has 0 amide bonds. The molecule has 0 unspecified atom stereocenters. The Morgan fingerprint density at radius 2 is 2.07 bits per heavy atom. The maximum Gasteiger partial charge on any atom is 0.211 e. The molecule has 3 aromatic rings. The van der Waals surface area contributed by atoms with Gasteiger partial charge in [0.2, 0.25) is 5.65 Å². The number of rotatable bonds is 0. The third-order valence-electron chi connectivity index (χ3n) is 1.91. The topological polar surface area (TPSA) is 68.9 Å². The van der Waals surface area contributed by atoms with Crippen LogP contribution in [-0.4, -0.2) is 30.5 Å². The summed E-state index contributed by atoms with van der Waals surface area (Å²) in [4.78, 5) is 0. The predicted molar refractivity (Wildman–Crippen MR) is 48.9 cm³/mol. The molecule has 0 bridgehead atoms. The van der Waals surface area contributed by atoms with Crippen LogP contribution in [-0.2, 0) is 0 Å². The van der Waals surface area contributed by atoms with E-state index in [1.54, 1.807) is 6.07 Å². The normalized spacial score (nSPS) is 11.2. The summed E-state index contributed by atoms with van der Waals surface area (Å²) in [5.41, 5.74) is 1.16. The first kappa shape index (κ1) is 7.57. The van der Waals surface area contributed by atoms with Crippen LogP contribution in [0.3, 0.4) is 0 Å². The quantitative estimate of drug-likeness (QED) is 0.542. The van der Waals surface area contributed by atoms with Crippen LogP contribution in [0.2, 0.25) is 5.02 Å². The van der Waals surface area contributed by atoms with Gasteiger partial charge in [-0.2, -0.15) is 0 Å². The van der Waals surface area contributed by atoms with Crippen LogP contribution in [0.5, 0.6) is 0 Å². The minimum atomic E-state index is 0.542. The van der Waals surface area contributed by atoms with Gasteiger partial charge in [-0.25, -0.2) is 0 Å². The highest BCUT2D eigenvalue weighted by atomic mass is 35.5. The molecule has 1 aromatic carbocycles. The maximum atomic E-state index is 5.94. The van der Waals surface area contributed by atoms with E-state index >= 15 is 0 Å². The molecule has 0 aliphatic heterocycles. The van der Waals surface area contributed by atoms with Crippen LogP contribution in [0.1, 0.15) is 0 Å². The molecule has 2 heterocycles. The molecule has 14 heavy (non-hydrogen) atoms. The van der Waals surface area contributed by atoms with Crippen LogP contribution >= 0.6 is 11.6 Å². The van der Waals surface area contributed by atoms with Crippen molar-refractivity contribution in [3.63, 3.8) is 0 Å². The Kier molecular flexibility index (Phi) is 1.40. The van der Waals surface area contributed by atoms with E-state index in [0.717, 1.165) is 5.39 Å². The first-order valence-electron chi connectivity index (χ1n) is 3.85. The Hall–Kier alpha value is -1.82. The lowest BCUT2D eigenvalue weighted by molar-refractivity contribution is 0.688. The fourth-order valence-corrected chi connectivity index (χ4v) is 1.50. The zero-order valence-electron chi connectivity index (χ0n) is 6.79. The number of halogens is 1. The summed E-state index contributed by atoms with van der Waals surface area (Å²) in [6.07, 6.45) is 0. The van der Waals surface area contributed by atoms with E-state index in [-0.39, 0.29) is 0 Å². The summed E-state index contributed by atoms with van der Waals surface area (Å²) >= 11 is 5.94. The summed E-state index contributed by atoms with van der Waals surface area (Å²) in [5, 5.41) is 20.0. The average molecular weight is 207 g/mol. The van der Waals surface area contributed by atoms with Crippen molar-refractivity contribution in [2.75, 3.05) is 0 Å². The zero-order chi connectivity index (χ0) is 9.54. The summed E-state index contributed by atoms with van der Waals surface area (Å²) in [6.45, 7) is 0. The number of hydrogen-bond acceptors (Lipinski definition) is 5. The van der Waals surface area contributed by atoms with Crippen molar-refractivity contribution in [2.24, 2.45) is 0 Å². The van der Waals surface area contributed by atoms with Crippen LogP contribution in [0, 0.1) is 0 Å². The molecule has 0 aliphatic rings. The molecule has 0 spiro atoms. The largest absolute Gasteiger partial charge is 0.211 e. The lowest BCUT2D eigenvalue weighted by Gasteiger charge is -1.97. The van der Waals surface area contributed by atoms with Crippen LogP contribution in [0.25, 0.3) is 16.6 Å². The molecular weight excluding hydrogens is 204 g/mol. The van der Waals surface area contributed by atoms with Gasteiger partial charge in [-0.15, -0.1) is 10.2 Å².